The van der Waals surface area contributed by atoms with Crippen LogP contribution in [0.25, 0.3) is 0 Å². The van der Waals surface area contributed by atoms with Crippen LogP contribution >= 0.6 is 0 Å². The first-order valence-electron chi connectivity index (χ1n) is 7.59. The molecule has 3 N–H and O–H groups in total. The molecule has 0 aromatic rings. The number of nitrogens with one attached hydrogen (secondary N) is 1. The summed E-state index contributed by atoms with van der Waals surface area (Å²) in [5.41, 5.74) is 5.46. The minimum absolute atomic E-state index is 0.796. The molecule has 0 fully saturated rings. The first-order valence-corrected chi connectivity index (χ1v) is 7.59. The van der Waals surface area contributed by atoms with E-state index in [1.807, 2.05) is 0 Å². The molecule has 2 nitrogen and oxygen atoms in total. The third kappa shape index (κ3) is 12.2. The summed E-state index contributed by atoms with van der Waals surface area (Å²) in [6.45, 7) is 10.2. The summed E-state index contributed by atoms with van der Waals surface area (Å²) in [4.78, 5) is 0. The zero-order valence-corrected chi connectivity index (χ0v) is 12.3. The van der Waals surface area contributed by atoms with E-state index in [1.54, 1.807) is 0 Å². The summed E-state index contributed by atoms with van der Waals surface area (Å²) < 4.78 is 0. The number of unbranched alkanes of at least 4 members (excludes halogenated alkanes) is 6. The van der Waals surface area contributed by atoms with Crippen LogP contribution in [-0.4, -0.2) is 19.6 Å². The molecule has 0 radical (unpaired) electrons. The predicted molar refractivity (Wildman–Crippen MR) is 78.2 cm³/mol. The highest BCUT2D eigenvalue weighted by atomic mass is 14.8. The Kier molecular flexibility index (Phi) is 12.3. The lowest BCUT2D eigenvalue weighted by atomic mass is 9.98. The highest BCUT2D eigenvalue weighted by Gasteiger charge is 2.05. The van der Waals surface area contributed by atoms with Gasteiger partial charge >= 0.3 is 0 Å². The van der Waals surface area contributed by atoms with E-state index in [1.165, 1.54) is 58.0 Å². The summed E-state index contributed by atoms with van der Waals surface area (Å²) in [5, 5.41) is 3.56. The number of nitrogens with two attached hydrogens (primary N) is 1. The predicted octanol–water partition coefficient (Wildman–Crippen LogP) is 3.56. The van der Waals surface area contributed by atoms with Crippen molar-refractivity contribution in [2.45, 2.75) is 65.7 Å². The van der Waals surface area contributed by atoms with Gasteiger partial charge in [-0.1, -0.05) is 52.9 Å². The van der Waals surface area contributed by atoms with Crippen molar-refractivity contribution in [3.05, 3.63) is 0 Å². The van der Waals surface area contributed by atoms with Crippen molar-refractivity contribution >= 4 is 0 Å². The summed E-state index contributed by atoms with van der Waals surface area (Å²) >= 11 is 0. The van der Waals surface area contributed by atoms with E-state index in [2.05, 4.69) is 26.1 Å². The van der Waals surface area contributed by atoms with Crippen LogP contribution in [0, 0.1) is 11.8 Å². The van der Waals surface area contributed by atoms with Crippen molar-refractivity contribution in [1.29, 1.82) is 0 Å². The quantitative estimate of drug-likeness (QED) is 0.514. The van der Waals surface area contributed by atoms with E-state index < -0.39 is 0 Å². The fraction of sp³-hybridized carbons (Fsp3) is 1.00. The standard InChI is InChI=1S/C15H34N2/c1-14(2)15(3)13-17-12-10-8-6-4-5-7-9-11-16/h14-15,17H,4-13,16H2,1-3H3. The van der Waals surface area contributed by atoms with Crippen LogP contribution in [0.3, 0.4) is 0 Å². The second-order valence-electron chi connectivity index (χ2n) is 5.69. The van der Waals surface area contributed by atoms with Gasteiger partial charge in [-0.05, 0) is 44.3 Å². The molecule has 1 atom stereocenters. The first kappa shape index (κ1) is 16.9. The highest BCUT2D eigenvalue weighted by molar-refractivity contribution is 4.60. The lowest BCUT2D eigenvalue weighted by Crippen LogP contribution is -2.25. The smallest absolute Gasteiger partial charge is 0.00207 e. The average Bonchev–Trinajstić information content (AvgIpc) is 2.31. The molecule has 0 saturated heterocycles. The van der Waals surface area contributed by atoms with E-state index in [0.29, 0.717) is 0 Å². The maximum Gasteiger partial charge on any atom is -0.00207 e. The highest BCUT2D eigenvalue weighted by Crippen LogP contribution is 2.08. The van der Waals surface area contributed by atoms with Gasteiger partial charge in [0.25, 0.3) is 0 Å². The third-order valence-corrected chi connectivity index (χ3v) is 3.66. The molecule has 0 heterocycles. The van der Waals surface area contributed by atoms with Gasteiger partial charge in [0.1, 0.15) is 0 Å². The van der Waals surface area contributed by atoms with Gasteiger partial charge in [0.2, 0.25) is 0 Å². The Bertz CT molecular complexity index is 146. The molecule has 0 bridgehead atoms. The zero-order valence-electron chi connectivity index (χ0n) is 12.3. The molecule has 0 aromatic carbocycles. The lowest BCUT2D eigenvalue weighted by Gasteiger charge is -2.15. The minimum atomic E-state index is 0.796. The second-order valence-corrected chi connectivity index (χ2v) is 5.69. The Morgan fingerprint density at radius 1 is 0.824 bits per heavy atom. The van der Waals surface area contributed by atoms with Gasteiger partial charge in [-0.3, -0.25) is 0 Å². The third-order valence-electron chi connectivity index (χ3n) is 3.66. The van der Waals surface area contributed by atoms with Gasteiger partial charge in [-0.15, -0.1) is 0 Å². The maximum atomic E-state index is 5.46. The molecular weight excluding hydrogens is 208 g/mol. The van der Waals surface area contributed by atoms with Gasteiger partial charge in [0.15, 0.2) is 0 Å². The molecule has 0 aromatic heterocycles. The molecule has 0 rings (SSSR count). The molecular formula is C15H34N2. The summed E-state index contributed by atoms with van der Waals surface area (Å²) in [5.74, 6) is 1.59. The van der Waals surface area contributed by atoms with Gasteiger partial charge < -0.3 is 11.1 Å². The van der Waals surface area contributed by atoms with Crippen LogP contribution in [0.4, 0.5) is 0 Å². The van der Waals surface area contributed by atoms with Crippen LogP contribution in [0.5, 0.6) is 0 Å². The fourth-order valence-electron chi connectivity index (χ4n) is 1.84. The van der Waals surface area contributed by atoms with Crippen LogP contribution in [0.2, 0.25) is 0 Å². The summed E-state index contributed by atoms with van der Waals surface area (Å²) in [6, 6.07) is 0. The molecule has 17 heavy (non-hydrogen) atoms. The monoisotopic (exact) mass is 242 g/mol. The van der Waals surface area contributed by atoms with Crippen LogP contribution < -0.4 is 11.1 Å². The van der Waals surface area contributed by atoms with Crippen molar-refractivity contribution < 1.29 is 0 Å². The van der Waals surface area contributed by atoms with Crippen molar-refractivity contribution in [1.82, 2.24) is 5.32 Å². The molecule has 1 unspecified atom stereocenters. The van der Waals surface area contributed by atoms with E-state index in [4.69, 9.17) is 5.73 Å². The minimum Gasteiger partial charge on any atom is -0.330 e. The summed E-state index contributed by atoms with van der Waals surface area (Å²) in [7, 11) is 0. The molecule has 0 aliphatic carbocycles. The molecule has 0 saturated carbocycles. The fourth-order valence-corrected chi connectivity index (χ4v) is 1.84. The maximum absolute atomic E-state index is 5.46. The number of hydrogen-bond acceptors (Lipinski definition) is 2. The van der Waals surface area contributed by atoms with Crippen LogP contribution in [0.1, 0.15) is 65.7 Å². The van der Waals surface area contributed by atoms with E-state index >= 15 is 0 Å². The van der Waals surface area contributed by atoms with Gasteiger partial charge in [-0.2, -0.15) is 0 Å². The normalized spacial score (nSPS) is 13.2. The number of hydrogen-bond donors (Lipinski definition) is 2. The van der Waals surface area contributed by atoms with Crippen molar-refractivity contribution in [2.75, 3.05) is 19.6 Å². The SMILES string of the molecule is CC(C)C(C)CNCCCCCCCCCN. The van der Waals surface area contributed by atoms with Gasteiger partial charge in [-0.25, -0.2) is 0 Å². The van der Waals surface area contributed by atoms with Gasteiger partial charge in [0.05, 0.1) is 0 Å². The van der Waals surface area contributed by atoms with Crippen LogP contribution in [-0.2, 0) is 0 Å². The molecule has 0 aliphatic rings. The summed E-state index contributed by atoms with van der Waals surface area (Å²) in [6.07, 6.45) is 9.39. The Labute approximate surface area is 109 Å². The Morgan fingerprint density at radius 3 is 1.88 bits per heavy atom. The number of rotatable bonds is 12. The van der Waals surface area contributed by atoms with Crippen molar-refractivity contribution in [3.63, 3.8) is 0 Å². The van der Waals surface area contributed by atoms with Crippen molar-refractivity contribution in [2.24, 2.45) is 17.6 Å². The van der Waals surface area contributed by atoms with Crippen molar-refractivity contribution in [3.8, 4) is 0 Å². The molecule has 0 aliphatic heterocycles. The van der Waals surface area contributed by atoms with Gasteiger partial charge in [0, 0.05) is 0 Å². The van der Waals surface area contributed by atoms with Crippen LogP contribution in [0.15, 0.2) is 0 Å². The molecule has 2 heteroatoms. The molecule has 0 spiro atoms. The van der Waals surface area contributed by atoms with E-state index in [-0.39, 0.29) is 0 Å². The van der Waals surface area contributed by atoms with E-state index in [0.717, 1.165) is 18.4 Å². The lowest BCUT2D eigenvalue weighted by molar-refractivity contribution is 0.390. The average molecular weight is 242 g/mol. The topological polar surface area (TPSA) is 38.0 Å². The Morgan fingerprint density at radius 2 is 1.35 bits per heavy atom. The first-order chi connectivity index (χ1) is 8.18. The zero-order chi connectivity index (χ0) is 12.9. The largest absolute Gasteiger partial charge is 0.330 e. The second kappa shape index (κ2) is 12.4. The Balaban J connectivity index is 3.03. The Hall–Kier alpha value is -0.0800. The molecule has 104 valence electrons. The molecule has 0 amide bonds. The van der Waals surface area contributed by atoms with E-state index in [9.17, 15) is 0 Å².